The molecule has 0 fully saturated rings. The highest BCUT2D eigenvalue weighted by Gasteiger charge is 2.38. The van der Waals surface area contributed by atoms with Gasteiger partial charge in [0.25, 0.3) is 0 Å². The van der Waals surface area contributed by atoms with Crippen molar-refractivity contribution in [3.05, 3.63) is 205 Å². The molecule has 1 aliphatic carbocycles. The third kappa shape index (κ3) is 4.56. The maximum absolute atomic E-state index is 7.02. The molecule has 0 atom stereocenters. The quantitative estimate of drug-likeness (QED) is 0.175. The highest BCUT2D eigenvalue weighted by Crippen LogP contribution is 2.56. The van der Waals surface area contributed by atoms with E-state index >= 15 is 0 Å². The summed E-state index contributed by atoms with van der Waals surface area (Å²) in [5, 5.41) is 7.05. The number of fused-ring (bicyclic) bond motifs is 10. The van der Waals surface area contributed by atoms with Gasteiger partial charge in [0.05, 0.1) is 39.2 Å². The van der Waals surface area contributed by atoms with E-state index < -0.39 is 0 Å². The van der Waals surface area contributed by atoms with Gasteiger partial charge in [-0.05, 0) is 81.6 Å². The lowest BCUT2D eigenvalue weighted by Gasteiger charge is -2.31. The Morgan fingerprint density at radius 1 is 0.431 bits per heavy atom. The van der Waals surface area contributed by atoms with Gasteiger partial charge >= 0.3 is 0 Å². The Morgan fingerprint density at radius 2 is 1.02 bits per heavy atom. The number of hydrogen-bond donors (Lipinski definition) is 0. The van der Waals surface area contributed by atoms with Crippen LogP contribution in [0.4, 0.5) is 17.1 Å². The maximum Gasteiger partial charge on any atom is 0.145 e. The van der Waals surface area contributed by atoms with Crippen molar-refractivity contribution in [2.75, 3.05) is 4.90 Å². The summed E-state index contributed by atoms with van der Waals surface area (Å²) in [6.45, 7) is 4.72. The number of nitrogens with zero attached hydrogens (tertiary/aromatic N) is 2. The van der Waals surface area contributed by atoms with Gasteiger partial charge in [0, 0.05) is 32.7 Å². The minimum Gasteiger partial charge on any atom is -0.455 e. The van der Waals surface area contributed by atoms with Gasteiger partial charge in [0.2, 0.25) is 0 Å². The Morgan fingerprint density at radius 3 is 1.84 bits per heavy atom. The van der Waals surface area contributed by atoms with Crippen molar-refractivity contribution in [3.63, 3.8) is 0 Å². The first-order valence-electron chi connectivity index (χ1n) is 20.1. The van der Waals surface area contributed by atoms with E-state index in [2.05, 4.69) is 217 Å². The van der Waals surface area contributed by atoms with Crippen molar-refractivity contribution in [2.24, 2.45) is 0 Å². The van der Waals surface area contributed by atoms with Crippen LogP contribution in [0, 0.1) is 0 Å². The summed E-state index contributed by atoms with van der Waals surface area (Å²) in [6, 6.07) is 70.6. The van der Waals surface area contributed by atoms with Crippen LogP contribution < -0.4 is 4.90 Å². The molecule has 0 N–H and O–H groups in total. The molecule has 3 nitrogen and oxygen atoms in total. The minimum absolute atomic E-state index is 0.171. The SMILES string of the molecule is CC1(C)c2ccccc2-c2c(N(c3ccccc3-n3c4ccccc4c4ccccc43)c3ccc(-c4cccc5ccccc45)c4oc5ccccc5c34)cccc21. The molecule has 9 aromatic carbocycles. The van der Waals surface area contributed by atoms with Gasteiger partial charge < -0.3 is 13.9 Å². The van der Waals surface area contributed by atoms with Gasteiger partial charge in [0.15, 0.2) is 0 Å². The van der Waals surface area contributed by atoms with Gasteiger partial charge in [-0.3, -0.25) is 0 Å². The molecule has 0 aliphatic heterocycles. The predicted molar refractivity (Wildman–Crippen MR) is 243 cm³/mol. The lowest BCUT2D eigenvalue weighted by molar-refractivity contribution is 0.660. The van der Waals surface area contributed by atoms with Crippen molar-refractivity contribution in [3.8, 4) is 27.9 Å². The molecule has 12 rings (SSSR count). The number of benzene rings is 9. The summed E-state index contributed by atoms with van der Waals surface area (Å²) >= 11 is 0. The van der Waals surface area contributed by atoms with Crippen LogP contribution >= 0.6 is 0 Å². The molecular weight excluding hydrogens is 705 g/mol. The molecule has 0 unspecified atom stereocenters. The Kier molecular flexibility index (Phi) is 6.98. The average molecular weight is 743 g/mol. The number of anilines is 3. The molecular formula is C55H38N2O. The van der Waals surface area contributed by atoms with Crippen LogP contribution in [0.15, 0.2) is 199 Å². The highest BCUT2D eigenvalue weighted by atomic mass is 16.3. The Bertz CT molecular complexity index is 3400. The Balaban J connectivity index is 1.23. The lowest BCUT2D eigenvalue weighted by atomic mass is 9.82. The van der Waals surface area contributed by atoms with Gasteiger partial charge in [0.1, 0.15) is 11.2 Å². The Hall–Kier alpha value is -7.36. The summed E-state index contributed by atoms with van der Waals surface area (Å²) in [7, 11) is 0. The molecule has 1 aliphatic rings. The highest BCUT2D eigenvalue weighted by molar-refractivity contribution is 6.19. The van der Waals surface area contributed by atoms with E-state index in [-0.39, 0.29) is 5.41 Å². The summed E-state index contributed by atoms with van der Waals surface area (Å²) in [5.41, 5.74) is 15.7. The van der Waals surface area contributed by atoms with Crippen molar-refractivity contribution >= 4 is 71.6 Å². The van der Waals surface area contributed by atoms with Gasteiger partial charge in [-0.1, -0.05) is 159 Å². The fourth-order valence-corrected chi connectivity index (χ4v) is 10.0. The van der Waals surface area contributed by atoms with Crippen LogP contribution in [-0.2, 0) is 5.41 Å². The predicted octanol–water partition coefficient (Wildman–Crippen LogP) is 15.3. The van der Waals surface area contributed by atoms with Crippen molar-refractivity contribution in [2.45, 2.75) is 19.3 Å². The second-order valence-corrected chi connectivity index (χ2v) is 16.0. The molecule has 58 heavy (non-hydrogen) atoms. The van der Waals surface area contributed by atoms with Crippen molar-refractivity contribution in [1.82, 2.24) is 4.57 Å². The zero-order valence-electron chi connectivity index (χ0n) is 32.3. The summed E-state index contributed by atoms with van der Waals surface area (Å²) < 4.78 is 9.47. The minimum atomic E-state index is -0.171. The number of hydrogen-bond acceptors (Lipinski definition) is 2. The third-order valence-corrected chi connectivity index (χ3v) is 12.6. The first-order chi connectivity index (χ1) is 28.6. The van der Waals surface area contributed by atoms with Crippen LogP contribution in [0.25, 0.3) is 82.5 Å². The maximum atomic E-state index is 7.02. The van der Waals surface area contributed by atoms with Crippen LogP contribution in [0.3, 0.4) is 0 Å². The third-order valence-electron chi connectivity index (χ3n) is 12.6. The standard InChI is InChI=1S/C55H38N2O/c1-55(2)43-25-9-5-22-41(43)52-44(55)26-16-31-49(52)57(48-30-13-12-29-47(48)56-45-27-10-6-20-38(45)39-21-7-11-28-46(39)56)50-34-33-40(37-24-15-18-35-17-3-4-19-36(35)37)54-53(50)42-23-8-14-32-51(42)58-54/h3-34H,1-2H3. The van der Waals surface area contributed by atoms with Gasteiger partial charge in [-0.25, -0.2) is 0 Å². The number of para-hydroxylation sites is 5. The molecule has 0 radical (unpaired) electrons. The smallest absolute Gasteiger partial charge is 0.145 e. The normalized spacial score (nSPS) is 13.1. The average Bonchev–Trinajstić information content (AvgIpc) is 3.90. The largest absolute Gasteiger partial charge is 0.455 e. The number of furan rings is 1. The fourth-order valence-electron chi connectivity index (χ4n) is 10.0. The molecule has 11 aromatic rings. The summed E-state index contributed by atoms with van der Waals surface area (Å²) in [6.07, 6.45) is 0. The van der Waals surface area contributed by atoms with E-state index in [4.69, 9.17) is 4.42 Å². The van der Waals surface area contributed by atoms with E-state index in [9.17, 15) is 0 Å². The van der Waals surface area contributed by atoms with E-state index in [1.165, 1.54) is 54.8 Å². The molecule has 274 valence electrons. The van der Waals surface area contributed by atoms with Gasteiger partial charge in [-0.15, -0.1) is 0 Å². The zero-order valence-corrected chi connectivity index (χ0v) is 32.3. The van der Waals surface area contributed by atoms with E-state index in [1.807, 2.05) is 0 Å². The summed E-state index contributed by atoms with van der Waals surface area (Å²) in [5.74, 6) is 0. The monoisotopic (exact) mass is 742 g/mol. The second-order valence-electron chi connectivity index (χ2n) is 16.0. The molecule has 2 heterocycles. The van der Waals surface area contributed by atoms with Crippen molar-refractivity contribution in [1.29, 1.82) is 0 Å². The first kappa shape index (κ1) is 32.8. The Labute approximate surface area is 336 Å². The number of rotatable bonds is 5. The van der Waals surface area contributed by atoms with E-state index in [1.54, 1.807) is 0 Å². The number of aromatic nitrogens is 1. The fraction of sp³-hybridized carbons (Fsp3) is 0.0545. The second kappa shape index (κ2) is 12.3. The topological polar surface area (TPSA) is 21.3 Å². The lowest BCUT2D eigenvalue weighted by Crippen LogP contribution is -2.17. The summed E-state index contributed by atoms with van der Waals surface area (Å²) in [4.78, 5) is 2.52. The molecule has 0 spiro atoms. The molecule has 3 heteroatoms. The van der Waals surface area contributed by atoms with Gasteiger partial charge in [-0.2, -0.15) is 0 Å². The van der Waals surface area contributed by atoms with Crippen LogP contribution in [-0.4, -0.2) is 4.57 Å². The van der Waals surface area contributed by atoms with Crippen LogP contribution in [0.2, 0.25) is 0 Å². The molecule has 2 aromatic heterocycles. The van der Waals surface area contributed by atoms with E-state index in [0.29, 0.717) is 0 Å². The first-order valence-corrected chi connectivity index (χ1v) is 20.1. The van der Waals surface area contributed by atoms with Crippen LogP contribution in [0.1, 0.15) is 25.0 Å². The zero-order chi connectivity index (χ0) is 38.5. The molecule has 0 saturated heterocycles. The van der Waals surface area contributed by atoms with E-state index in [0.717, 1.165) is 55.8 Å². The molecule has 0 amide bonds. The molecule has 0 saturated carbocycles. The molecule has 0 bridgehead atoms. The van der Waals surface area contributed by atoms with Crippen molar-refractivity contribution < 1.29 is 4.42 Å². The van der Waals surface area contributed by atoms with Crippen LogP contribution in [0.5, 0.6) is 0 Å².